The molecule has 0 aliphatic heterocycles. The molecule has 1 aromatic carbocycles. The number of rotatable bonds is 5. The van der Waals surface area contributed by atoms with Crippen molar-refractivity contribution in [2.24, 2.45) is 0 Å². The fourth-order valence-corrected chi connectivity index (χ4v) is 1.22. The maximum Gasteiger partial charge on any atom is 0.245 e. The Labute approximate surface area is 95.2 Å². The van der Waals surface area contributed by atoms with Crippen molar-refractivity contribution in [2.45, 2.75) is 13.8 Å². The molecule has 0 heterocycles. The van der Waals surface area contributed by atoms with Crippen LogP contribution in [-0.2, 0) is 4.79 Å². The van der Waals surface area contributed by atoms with Crippen molar-refractivity contribution in [1.29, 1.82) is 0 Å². The quantitative estimate of drug-likeness (QED) is 0.726. The maximum atomic E-state index is 10.7. The van der Waals surface area contributed by atoms with Crippen LogP contribution in [-0.4, -0.2) is 30.8 Å². The largest absolute Gasteiger partial charge is 0.492 e. The summed E-state index contributed by atoms with van der Waals surface area (Å²) in [6.07, 6.45) is 0. The number of carbonyl (C=O) groups is 1. The zero-order valence-electron chi connectivity index (χ0n) is 9.62. The Bertz CT molecular complexity index is 363. The first-order valence-electron chi connectivity index (χ1n) is 5.21. The predicted molar refractivity (Wildman–Crippen MR) is 61.5 cm³/mol. The number of nitrogens with one attached hydrogen (secondary N) is 1. The van der Waals surface area contributed by atoms with Gasteiger partial charge in [-0.25, -0.2) is 0 Å². The molecule has 0 radical (unpaired) electrons. The van der Waals surface area contributed by atoms with E-state index in [4.69, 9.17) is 9.84 Å². The van der Waals surface area contributed by atoms with Crippen molar-refractivity contribution in [1.82, 2.24) is 5.32 Å². The van der Waals surface area contributed by atoms with E-state index in [0.29, 0.717) is 13.2 Å². The molecule has 1 aromatic rings. The highest BCUT2D eigenvalue weighted by Crippen LogP contribution is 2.15. The molecule has 0 saturated carbocycles. The van der Waals surface area contributed by atoms with E-state index >= 15 is 0 Å². The molecule has 88 valence electrons. The van der Waals surface area contributed by atoms with E-state index in [1.807, 2.05) is 32.0 Å². The van der Waals surface area contributed by atoms with Gasteiger partial charge in [-0.15, -0.1) is 0 Å². The lowest BCUT2D eigenvalue weighted by Crippen LogP contribution is -2.30. The fourth-order valence-electron chi connectivity index (χ4n) is 1.22. The molecule has 0 aliphatic rings. The molecule has 0 aliphatic carbocycles. The third-order valence-corrected chi connectivity index (χ3v) is 2.31. The van der Waals surface area contributed by atoms with E-state index < -0.39 is 6.61 Å². The smallest absolute Gasteiger partial charge is 0.245 e. The molecule has 2 N–H and O–H groups in total. The van der Waals surface area contributed by atoms with Gasteiger partial charge in [0.1, 0.15) is 19.0 Å². The lowest BCUT2D eigenvalue weighted by Gasteiger charge is -2.08. The van der Waals surface area contributed by atoms with E-state index in [-0.39, 0.29) is 5.91 Å². The van der Waals surface area contributed by atoms with Crippen LogP contribution in [0.5, 0.6) is 5.75 Å². The molecular formula is C12H17NO3. The molecule has 1 amide bonds. The monoisotopic (exact) mass is 223 g/mol. The molecule has 1 rings (SSSR count). The summed E-state index contributed by atoms with van der Waals surface area (Å²) in [6, 6.07) is 5.86. The van der Waals surface area contributed by atoms with Gasteiger partial charge in [0.15, 0.2) is 0 Å². The summed E-state index contributed by atoms with van der Waals surface area (Å²) in [6.45, 7) is 4.38. The van der Waals surface area contributed by atoms with Gasteiger partial charge in [-0.1, -0.05) is 6.07 Å². The first-order chi connectivity index (χ1) is 7.63. The number of aliphatic hydroxyl groups is 1. The van der Waals surface area contributed by atoms with Gasteiger partial charge in [0.05, 0.1) is 6.54 Å². The lowest BCUT2D eigenvalue weighted by atomic mass is 10.1. The SMILES string of the molecule is Cc1ccc(OCCNC(=O)CO)cc1C. The summed E-state index contributed by atoms with van der Waals surface area (Å²) in [7, 11) is 0. The summed E-state index contributed by atoms with van der Waals surface area (Å²) < 4.78 is 5.44. The summed E-state index contributed by atoms with van der Waals surface area (Å²) in [5.41, 5.74) is 2.40. The van der Waals surface area contributed by atoms with Crippen molar-refractivity contribution in [2.75, 3.05) is 19.8 Å². The third kappa shape index (κ3) is 3.90. The van der Waals surface area contributed by atoms with Gasteiger partial charge in [0.2, 0.25) is 5.91 Å². The van der Waals surface area contributed by atoms with Crippen LogP contribution in [0, 0.1) is 13.8 Å². The average Bonchev–Trinajstić information content (AvgIpc) is 2.28. The Morgan fingerprint density at radius 3 is 2.75 bits per heavy atom. The second-order valence-electron chi connectivity index (χ2n) is 3.60. The minimum atomic E-state index is -0.483. The van der Waals surface area contributed by atoms with Gasteiger partial charge >= 0.3 is 0 Å². The highest BCUT2D eigenvalue weighted by atomic mass is 16.5. The Kier molecular flexibility index (Phi) is 4.79. The van der Waals surface area contributed by atoms with Crippen molar-refractivity contribution in [3.63, 3.8) is 0 Å². The number of carbonyl (C=O) groups excluding carboxylic acids is 1. The normalized spacial score (nSPS) is 9.94. The Morgan fingerprint density at radius 1 is 1.38 bits per heavy atom. The topological polar surface area (TPSA) is 58.6 Å². The number of aliphatic hydroxyl groups excluding tert-OH is 1. The van der Waals surface area contributed by atoms with Crippen LogP contribution < -0.4 is 10.1 Å². The highest BCUT2D eigenvalue weighted by molar-refractivity contribution is 5.76. The Morgan fingerprint density at radius 2 is 2.12 bits per heavy atom. The molecule has 0 unspecified atom stereocenters. The zero-order valence-corrected chi connectivity index (χ0v) is 9.62. The minimum Gasteiger partial charge on any atom is -0.492 e. The van der Waals surface area contributed by atoms with Crippen molar-refractivity contribution < 1.29 is 14.6 Å². The summed E-state index contributed by atoms with van der Waals surface area (Å²) in [5.74, 6) is 0.407. The maximum absolute atomic E-state index is 10.7. The second kappa shape index (κ2) is 6.12. The average molecular weight is 223 g/mol. The van der Waals surface area contributed by atoms with Gasteiger partial charge in [-0.3, -0.25) is 4.79 Å². The van der Waals surface area contributed by atoms with Gasteiger partial charge in [0, 0.05) is 0 Å². The number of amides is 1. The third-order valence-electron chi connectivity index (χ3n) is 2.31. The first-order valence-corrected chi connectivity index (χ1v) is 5.21. The number of ether oxygens (including phenoxy) is 1. The minimum absolute atomic E-state index is 0.385. The highest BCUT2D eigenvalue weighted by Gasteiger charge is 1.99. The summed E-state index contributed by atoms with van der Waals surface area (Å²) in [4.78, 5) is 10.7. The molecule has 16 heavy (non-hydrogen) atoms. The van der Waals surface area contributed by atoms with Crippen LogP contribution in [0.2, 0.25) is 0 Å². The summed E-state index contributed by atoms with van der Waals surface area (Å²) >= 11 is 0. The molecule has 0 bridgehead atoms. The molecule has 0 spiro atoms. The van der Waals surface area contributed by atoms with Crippen LogP contribution in [0.4, 0.5) is 0 Å². The van der Waals surface area contributed by atoms with E-state index in [1.165, 1.54) is 11.1 Å². The van der Waals surface area contributed by atoms with Gasteiger partial charge < -0.3 is 15.2 Å². The molecule has 4 heteroatoms. The van der Waals surface area contributed by atoms with Crippen molar-refractivity contribution in [3.8, 4) is 5.75 Å². The molecule has 0 aromatic heterocycles. The molecule has 4 nitrogen and oxygen atoms in total. The van der Waals surface area contributed by atoms with E-state index in [9.17, 15) is 4.79 Å². The van der Waals surface area contributed by atoms with Crippen LogP contribution in [0.25, 0.3) is 0 Å². The van der Waals surface area contributed by atoms with Gasteiger partial charge in [-0.2, -0.15) is 0 Å². The van der Waals surface area contributed by atoms with E-state index in [0.717, 1.165) is 5.75 Å². The Balaban J connectivity index is 2.32. The van der Waals surface area contributed by atoms with E-state index in [1.54, 1.807) is 0 Å². The van der Waals surface area contributed by atoms with Crippen LogP contribution in [0.1, 0.15) is 11.1 Å². The Hall–Kier alpha value is -1.55. The van der Waals surface area contributed by atoms with Gasteiger partial charge in [-0.05, 0) is 37.1 Å². The molecule has 0 saturated heterocycles. The summed E-state index contributed by atoms with van der Waals surface area (Å²) in [5, 5.41) is 11.0. The molecular weight excluding hydrogens is 206 g/mol. The predicted octanol–water partition coefficient (Wildman–Crippen LogP) is 0.791. The fraction of sp³-hybridized carbons (Fsp3) is 0.417. The standard InChI is InChI=1S/C12H17NO3/c1-9-3-4-11(7-10(9)2)16-6-5-13-12(15)8-14/h3-4,7,14H,5-6,8H2,1-2H3,(H,13,15). The number of hydrogen-bond acceptors (Lipinski definition) is 3. The van der Waals surface area contributed by atoms with Crippen LogP contribution >= 0.6 is 0 Å². The second-order valence-corrected chi connectivity index (χ2v) is 3.60. The van der Waals surface area contributed by atoms with E-state index in [2.05, 4.69) is 5.32 Å². The van der Waals surface area contributed by atoms with Crippen LogP contribution in [0.15, 0.2) is 18.2 Å². The molecule has 0 fully saturated rings. The van der Waals surface area contributed by atoms with Gasteiger partial charge in [0.25, 0.3) is 0 Å². The number of hydrogen-bond donors (Lipinski definition) is 2. The number of aryl methyl sites for hydroxylation is 2. The lowest BCUT2D eigenvalue weighted by molar-refractivity contribution is -0.123. The number of benzene rings is 1. The van der Waals surface area contributed by atoms with Crippen LogP contribution in [0.3, 0.4) is 0 Å². The molecule has 0 atom stereocenters. The zero-order chi connectivity index (χ0) is 12.0. The first kappa shape index (κ1) is 12.5. The van der Waals surface area contributed by atoms with Crippen molar-refractivity contribution >= 4 is 5.91 Å². The van der Waals surface area contributed by atoms with Crippen molar-refractivity contribution in [3.05, 3.63) is 29.3 Å².